The lowest BCUT2D eigenvalue weighted by molar-refractivity contribution is 0.136. The van der Waals surface area contributed by atoms with Crippen molar-refractivity contribution in [2.24, 2.45) is 5.41 Å². The number of hydrogen-bond donors (Lipinski definition) is 1. The van der Waals surface area contributed by atoms with E-state index in [0.717, 1.165) is 19.8 Å². The largest absolute Gasteiger partial charge is 0.381 e. The van der Waals surface area contributed by atoms with Gasteiger partial charge in [0.15, 0.2) is 0 Å². The molecule has 0 aromatic rings. The molecule has 1 aliphatic heterocycles. The van der Waals surface area contributed by atoms with Crippen molar-refractivity contribution >= 4 is 0 Å². The molecule has 1 atom stereocenters. The first-order valence-electron chi connectivity index (χ1n) is 6.80. The second-order valence-corrected chi connectivity index (χ2v) is 6.36. The molecule has 1 aliphatic rings. The first-order valence-corrected chi connectivity index (χ1v) is 6.80. The average Bonchev–Trinajstić information content (AvgIpc) is 2.64. The van der Waals surface area contributed by atoms with Crippen LogP contribution in [0.15, 0.2) is 0 Å². The molecule has 16 heavy (non-hydrogen) atoms. The minimum absolute atomic E-state index is 0.223. The zero-order chi connectivity index (χ0) is 12.1. The molecule has 0 radical (unpaired) electrons. The van der Waals surface area contributed by atoms with Crippen LogP contribution < -0.4 is 5.32 Å². The summed E-state index contributed by atoms with van der Waals surface area (Å²) in [7, 11) is 0. The molecule has 0 aromatic heterocycles. The standard InChI is InChI=1S/C14H29NO/c1-5-6-7-8-14(9-10-16-12-14)11-15-13(2,3)4/h15H,5-12H2,1-4H3. The van der Waals surface area contributed by atoms with Crippen LogP contribution in [0.1, 0.15) is 59.8 Å². The van der Waals surface area contributed by atoms with E-state index in [0.29, 0.717) is 5.41 Å². The molecule has 0 saturated carbocycles. The molecular weight excluding hydrogens is 198 g/mol. The molecule has 0 aromatic carbocycles. The smallest absolute Gasteiger partial charge is 0.0535 e. The van der Waals surface area contributed by atoms with E-state index in [1.165, 1.54) is 32.1 Å². The summed E-state index contributed by atoms with van der Waals surface area (Å²) in [5, 5.41) is 3.65. The third-order valence-electron chi connectivity index (χ3n) is 3.49. The van der Waals surface area contributed by atoms with Crippen molar-refractivity contribution in [3.8, 4) is 0 Å². The van der Waals surface area contributed by atoms with Crippen molar-refractivity contribution in [3.63, 3.8) is 0 Å². The lowest BCUT2D eigenvalue weighted by Gasteiger charge is -2.32. The number of ether oxygens (including phenoxy) is 1. The third kappa shape index (κ3) is 4.84. The quantitative estimate of drug-likeness (QED) is 0.703. The van der Waals surface area contributed by atoms with Crippen LogP contribution in [-0.2, 0) is 4.74 Å². The zero-order valence-corrected chi connectivity index (χ0v) is 11.6. The summed E-state index contributed by atoms with van der Waals surface area (Å²) in [6.07, 6.45) is 6.58. The molecule has 1 saturated heterocycles. The van der Waals surface area contributed by atoms with Crippen molar-refractivity contribution in [2.75, 3.05) is 19.8 Å². The fourth-order valence-electron chi connectivity index (χ4n) is 2.28. The normalized spacial score (nSPS) is 26.2. The predicted molar refractivity (Wildman–Crippen MR) is 69.8 cm³/mol. The maximum Gasteiger partial charge on any atom is 0.0535 e. The van der Waals surface area contributed by atoms with Crippen LogP contribution in [-0.4, -0.2) is 25.3 Å². The van der Waals surface area contributed by atoms with Gasteiger partial charge in [-0.15, -0.1) is 0 Å². The molecule has 2 nitrogen and oxygen atoms in total. The Bertz CT molecular complexity index is 189. The Hall–Kier alpha value is -0.0800. The molecule has 1 fully saturated rings. The molecule has 1 N–H and O–H groups in total. The van der Waals surface area contributed by atoms with Crippen molar-refractivity contribution in [1.82, 2.24) is 5.32 Å². The fraction of sp³-hybridized carbons (Fsp3) is 1.00. The van der Waals surface area contributed by atoms with Crippen LogP contribution in [0.4, 0.5) is 0 Å². The molecule has 1 heterocycles. The minimum Gasteiger partial charge on any atom is -0.381 e. The summed E-state index contributed by atoms with van der Waals surface area (Å²) in [5.74, 6) is 0. The lowest BCUT2D eigenvalue weighted by Crippen LogP contribution is -2.44. The summed E-state index contributed by atoms with van der Waals surface area (Å²) in [6.45, 7) is 12.0. The maximum atomic E-state index is 5.62. The molecule has 0 spiro atoms. The van der Waals surface area contributed by atoms with Gasteiger partial charge in [0.1, 0.15) is 0 Å². The number of hydrogen-bond acceptors (Lipinski definition) is 2. The van der Waals surface area contributed by atoms with Crippen LogP contribution in [0.5, 0.6) is 0 Å². The van der Waals surface area contributed by atoms with Gasteiger partial charge < -0.3 is 10.1 Å². The van der Waals surface area contributed by atoms with Gasteiger partial charge in [-0.1, -0.05) is 26.2 Å². The monoisotopic (exact) mass is 227 g/mol. The molecule has 1 unspecified atom stereocenters. The zero-order valence-electron chi connectivity index (χ0n) is 11.6. The van der Waals surface area contributed by atoms with Gasteiger partial charge in [-0.05, 0) is 33.6 Å². The van der Waals surface area contributed by atoms with E-state index in [2.05, 4.69) is 33.0 Å². The van der Waals surface area contributed by atoms with Gasteiger partial charge in [0, 0.05) is 24.1 Å². The fourth-order valence-corrected chi connectivity index (χ4v) is 2.28. The molecule has 0 aliphatic carbocycles. The van der Waals surface area contributed by atoms with Crippen molar-refractivity contribution < 1.29 is 4.74 Å². The average molecular weight is 227 g/mol. The summed E-state index contributed by atoms with van der Waals surface area (Å²) in [5.41, 5.74) is 0.642. The Morgan fingerprint density at radius 1 is 1.25 bits per heavy atom. The summed E-state index contributed by atoms with van der Waals surface area (Å²) < 4.78 is 5.62. The molecular formula is C14H29NO. The first-order chi connectivity index (χ1) is 7.47. The number of unbranched alkanes of at least 4 members (excludes halogenated alkanes) is 2. The SMILES string of the molecule is CCCCCC1(CNC(C)(C)C)CCOC1. The van der Waals surface area contributed by atoms with Gasteiger partial charge in [0.25, 0.3) is 0 Å². The van der Waals surface area contributed by atoms with E-state index in [-0.39, 0.29) is 5.54 Å². The Balaban J connectivity index is 2.39. The Morgan fingerprint density at radius 2 is 2.00 bits per heavy atom. The van der Waals surface area contributed by atoms with Crippen molar-refractivity contribution in [2.45, 2.75) is 65.3 Å². The molecule has 1 rings (SSSR count). The second-order valence-electron chi connectivity index (χ2n) is 6.36. The summed E-state index contributed by atoms with van der Waals surface area (Å²) >= 11 is 0. The van der Waals surface area contributed by atoms with Crippen molar-refractivity contribution in [3.05, 3.63) is 0 Å². The van der Waals surface area contributed by atoms with Crippen LogP contribution in [0.2, 0.25) is 0 Å². The van der Waals surface area contributed by atoms with E-state index in [1.807, 2.05) is 0 Å². The van der Waals surface area contributed by atoms with E-state index >= 15 is 0 Å². The van der Waals surface area contributed by atoms with Gasteiger partial charge >= 0.3 is 0 Å². The Labute approximate surface area is 101 Å². The highest BCUT2D eigenvalue weighted by molar-refractivity contribution is 4.87. The van der Waals surface area contributed by atoms with Gasteiger partial charge in [0.05, 0.1) is 6.61 Å². The second kappa shape index (κ2) is 6.02. The van der Waals surface area contributed by atoms with Crippen LogP contribution in [0, 0.1) is 5.41 Å². The number of nitrogens with one attached hydrogen (secondary N) is 1. The molecule has 0 amide bonds. The Kier molecular flexibility index (Phi) is 5.26. The van der Waals surface area contributed by atoms with Gasteiger partial charge in [0.2, 0.25) is 0 Å². The van der Waals surface area contributed by atoms with E-state index in [4.69, 9.17) is 4.74 Å². The van der Waals surface area contributed by atoms with Gasteiger partial charge in [-0.3, -0.25) is 0 Å². The molecule has 0 bridgehead atoms. The highest BCUT2D eigenvalue weighted by Crippen LogP contribution is 2.34. The van der Waals surface area contributed by atoms with Crippen LogP contribution in [0.25, 0.3) is 0 Å². The van der Waals surface area contributed by atoms with E-state index in [1.54, 1.807) is 0 Å². The molecule has 96 valence electrons. The predicted octanol–water partition coefficient (Wildman–Crippen LogP) is 3.36. The van der Waals surface area contributed by atoms with Crippen LogP contribution in [0.3, 0.4) is 0 Å². The van der Waals surface area contributed by atoms with Crippen molar-refractivity contribution in [1.29, 1.82) is 0 Å². The first kappa shape index (κ1) is 14.0. The molecule has 2 heteroatoms. The minimum atomic E-state index is 0.223. The highest BCUT2D eigenvalue weighted by atomic mass is 16.5. The Morgan fingerprint density at radius 3 is 2.50 bits per heavy atom. The maximum absolute atomic E-state index is 5.62. The topological polar surface area (TPSA) is 21.3 Å². The lowest BCUT2D eigenvalue weighted by atomic mass is 9.81. The van der Waals surface area contributed by atoms with Gasteiger partial charge in [-0.2, -0.15) is 0 Å². The van der Waals surface area contributed by atoms with E-state index in [9.17, 15) is 0 Å². The van der Waals surface area contributed by atoms with Gasteiger partial charge in [-0.25, -0.2) is 0 Å². The third-order valence-corrected chi connectivity index (χ3v) is 3.49. The van der Waals surface area contributed by atoms with E-state index < -0.39 is 0 Å². The number of rotatable bonds is 6. The highest BCUT2D eigenvalue weighted by Gasteiger charge is 2.34. The summed E-state index contributed by atoms with van der Waals surface area (Å²) in [6, 6.07) is 0. The van der Waals surface area contributed by atoms with Crippen LogP contribution >= 0.6 is 0 Å². The summed E-state index contributed by atoms with van der Waals surface area (Å²) in [4.78, 5) is 0.